The van der Waals surface area contributed by atoms with E-state index in [1.54, 1.807) is 6.92 Å². The normalized spacial score (nSPS) is 33.5. The molecule has 8 aliphatic rings. The fourth-order valence-electron chi connectivity index (χ4n) is 23.2. The Labute approximate surface area is 576 Å². The van der Waals surface area contributed by atoms with Gasteiger partial charge < -0.3 is 33.6 Å². The van der Waals surface area contributed by atoms with Crippen LogP contribution >= 0.6 is 0 Å². The minimum absolute atomic E-state index is 0.0682. The van der Waals surface area contributed by atoms with E-state index < -0.39 is 11.7 Å². The summed E-state index contributed by atoms with van der Waals surface area (Å²) in [5.41, 5.74) is 9.25. The van der Waals surface area contributed by atoms with Crippen molar-refractivity contribution >= 4 is 39.7 Å². The number of carbonyl (C=O) groups excluding carboxylic acids is 3. The number of ether oxygens (including phenoxy) is 4. The summed E-state index contributed by atoms with van der Waals surface area (Å²) in [7, 11) is 1.52. The molecule has 9 heteroatoms. The summed E-state index contributed by atoms with van der Waals surface area (Å²) in [6.07, 6.45) is 26.9. The maximum atomic E-state index is 12.9. The zero-order valence-electron chi connectivity index (χ0n) is 60.4. The number of Topliss-reactive ketones (excluding diaryl/α,β-unsaturated/α-hetero) is 1. The zero-order chi connectivity index (χ0) is 67.3. The number of ketones is 1. The molecule has 18 atom stereocenters. The smallest absolute Gasteiger partial charge is 0.407 e. The van der Waals surface area contributed by atoms with Gasteiger partial charge >= 0.3 is 12.1 Å². The predicted octanol–water partition coefficient (Wildman–Crippen LogP) is 19.8. The number of carbonyl (C=O) groups is 3. The van der Waals surface area contributed by atoms with Crippen LogP contribution in [0.1, 0.15) is 244 Å². The highest BCUT2D eigenvalue weighted by Gasteiger charge is 2.62. The van der Waals surface area contributed by atoms with Crippen LogP contribution in [0.5, 0.6) is 0 Å². The van der Waals surface area contributed by atoms with E-state index in [1.165, 1.54) is 115 Å². The van der Waals surface area contributed by atoms with E-state index >= 15 is 0 Å². The number of esters is 1. The fourth-order valence-corrected chi connectivity index (χ4v) is 23.2. The van der Waals surface area contributed by atoms with Crippen molar-refractivity contribution in [3.05, 3.63) is 118 Å². The van der Waals surface area contributed by atoms with E-state index in [2.05, 4.69) is 160 Å². The van der Waals surface area contributed by atoms with Crippen LogP contribution < -0.4 is 5.32 Å². The first-order valence-corrected chi connectivity index (χ1v) is 38.1. The third-order valence-corrected chi connectivity index (χ3v) is 28.1. The molecular formula is C87H114N2O7. The summed E-state index contributed by atoms with van der Waals surface area (Å²) in [6.45, 7) is 25.0. The van der Waals surface area contributed by atoms with E-state index in [4.69, 9.17) is 18.9 Å². The summed E-state index contributed by atoms with van der Waals surface area (Å²) in [6, 6.07) is 30.2. The second kappa shape index (κ2) is 28.0. The monoisotopic (exact) mass is 1300 g/mol. The Morgan fingerprint density at radius 3 is 1.46 bits per heavy atom. The van der Waals surface area contributed by atoms with Crippen molar-refractivity contribution in [1.29, 1.82) is 0 Å². The Morgan fingerprint density at radius 2 is 1.00 bits per heavy atom. The molecule has 8 unspecified atom stereocenters. The second-order valence-electron chi connectivity index (χ2n) is 34.4. The van der Waals surface area contributed by atoms with E-state index in [1.807, 2.05) is 20.8 Å². The molecule has 96 heavy (non-hydrogen) atoms. The molecule has 9 nitrogen and oxygen atoms in total. The lowest BCUT2D eigenvalue weighted by molar-refractivity contribution is -0.142. The van der Waals surface area contributed by atoms with Gasteiger partial charge in [0.05, 0.1) is 43.6 Å². The number of benzene rings is 4. The molecule has 0 saturated heterocycles. The molecule has 13 rings (SSSR count). The Kier molecular flexibility index (Phi) is 20.0. The van der Waals surface area contributed by atoms with Crippen molar-refractivity contribution in [2.75, 3.05) is 13.7 Å². The molecule has 8 fully saturated rings. The molecule has 1 heterocycles. The topological polar surface area (TPSA) is 105 Å². The van der Waals surface area contributed by atoms with Gasteiger partial charge in [0.1, 0.15) is 11.4 Å². The molecule has 5 aromatic rings. The maximum absolute atomic E-state index is 12.9. The first-order valence-electron chi connectivity index (χ1n) is 38.1. The largest absolute Gasteiger partial charge is 0.469 e. The first kappa shape index (κ1) is 68.6. The van der Waals surface area contributed by atoms with Gasteiger partial charge in [0.25, 0.3) is 0 Å². The van der Waals surface area contributed by atoms with Crippen molar-refractivity contribution in [3.8, 4) is 23.7 Å². The average Bonchev–Trinajstić information content (AvgIpc) is 1.35. The number of fused-ring (bicyclic) bond motifs is 13. The lowest BCUT2D eigenvalue weighted by Crippen LogP contribution is -2.54. The highest BCUT2D eigenvalue weighted by Crippen LogP contribution is 2.70. The highest BCUT2D eigenvalue weighted by molar-refractivity contribution is 6.08. The third-order valence-electron chi connectivity index (χ3n) is 28.1. The summed E-state index contributed by atoms with van der Waals surface area (Å²) in [5.74, 6) is 23.4. The number of nitrogens with one attached hydrogen (secondary N) is 1. The molecular weight excluding hydrogens is 1180 g/mol. The van der Waals surface area contributed by atoms with Crippen molar-refractivity contribution in [3.63, 3.8) is 0 Å². The van der Waals surface area contributed by atoms with Crippen LogP contribution in [0, 0.1) is 116 Å². The van der Waals surface area contributed by atoms with Crippen molar-refractivity contribution in [2.24, 2.45) is 92.7 Å². The number of methoxy groups -OCH3 is 1. The van der Waals surface area contributed by atoms with Crippen molar-refractivity contribution in [1.82, 2.24) is 9.88 Å². The van der Waals surface area contributed by atoms with Crippen LogP contribution in [0.15, 0.2) is 84.9 Å². The molecule has 8 aliphatic carbocycles. The van der Waals surface area contributed by atoms with E-state index in [-0.39, 0.29) is 12.1 Å². The van der Waals surface area contributed by atoms with E-state index in [0.29, 0.717) is 84.0 Å². The van der Waals surface area contributed by atoms with Crippen LogP contribution in [-0.2, 0) is 48.3 Å². The number of rotatable bonds is 17. The number of hydrogen-bond donors (Lipinski definition) is 1. The Morgan fingerprint density at radius 1 is 0.552 bits per heavy atom. The number of hydrogen-bond acceptors (Lipinski definition) is 7. The number of amides is 1. The summed E-state index contributed by atoms with van der Waals surface area (Å²) < 4.78 is 26.6. The standard InChI is InChI=1S/C87H114N2O7/c1-56(18-20-58(3)90)73-33-35-75-71-31-27-65-52-67(38-42-84(65,7)77(71)40-44-86(73,75)9)94-54-63-16-12-14-59(48-63)21-23-61-25-29-69-70-30-26-62(51-80(70)89(79(69)50-61)47-46-88-82(92)96-83(4,5)6)24-22-60-15-13-17-64(49-60)55-95-68-39-43-85(8)66(53-68)28-32-72-76-36-34-74(57(2)19-37-81(91)93-11)87(76,10)45-41-78(72)85/h12-17,25-26,29-30,48-51,56-57,65-68,71-78H,18-20,27-28,31-47,52-55H2,1-11H3,(H,88,92)/t56-,57-,65-,66-,67-,68-,71+,72+,73?,74?,75+,76+,77?,78?,84?,85?,86?,87?/m1/s1. The highest BCUT2D eigenvalue weighted by atomic mass is 16.6. The molecule has 0 spiro atoms. The average molecular weight is 1300 g/mol. The molecule has 0 radical (unpaired) electrons. The first-order chi connectivity index (χ1) is 46.0. The third kappa shape index (κ3) is 13.9. The second-order valence-corrected chi connectivity index (χ2v) is 34.4. The fraction of sp³-hybridized carbons (Fsp3) is 0.644. The predicted molar refractivity (Wildman–Crippen MR) is 386 cm³/mol. The minimum atomic E-state index is -0.598. The Bertz CT molecular complexity index is 3790. The number of aromatic nitrogens is 1. The molecule has 1 N–H and O–H groups in total. The molecule has 1 amide bonds. The van der Waals surface area contributed by atoms with Crippen LogP contribution in [0.2, 0.25) is 0 Å². The summed E-state index contributed by atoms with van der Waals surface area (Å²) in [5, 5.41) is 5.26. The quantitative estimate of drug-likeness (QED) is 0.0730. The molecule has 0 bridgehead atoms. The lowest BCUT2D eigenvalue weighted by Gasteiger charge is -2.61. The van der Waals surface area contributed by atoms with Gasteiger partial charge in [-0.05, 0) is 308 Å². The molecule has 4 aromatic carbocycles. The zero-order valence-corrected chi connectivity index (χ0v) is 60.4. The number of alkyl carbamates (subject to hydrolysis) is 1. The maximum Gasteiger partial charge on any atom is 0.407 e. The van der Waals surface area contributed by atoms with E-state index in [9.17, 15) is 14.4 Å². The van der Waals surface area contributed by atoms with E-state index in [0.717, 1.165) is 135 Å². The summed E-state index contributed by atoms with van der Waals surface area (Å²) >= 11 is 0. The van der Waals surface area contributed by atoms with Crippen molar-refractivity contribution < 1.29 is 33.3 Å². The molecule has 1 aromatic heterocycles. The molecule has 514 valence electrons. The van der Waals surface area contributed by atoms with Gasteiger partial charge in [0, 0.05) is 59.0 Å². The van der Waals surface area contributed by atoms with Gasteiger partial charge in [-0.3, -0.25) is 4.79 Å². The van der Waals surface area contributed by atoms with Gasteiger partial charge in [0.2, 0.25) is 0 Å². The van der Waals surface area contributed by atoms with Crippen LogP contribution in [0.25, 0.3) is 21.8 Å². The van der Waals surface area contributed by atoms with Gasteiger partial charge in [-0.25, -0.2) is 4.79 Å². The van der Waals surface area contributed by atoms with Crippen molar-refractivity contribution in [2.45, 2.75) is 248 Å². The molecule has 8 saturated carbocycles. The van der Waals surface area contributed by atoms with Crippen LogP contribution in [0.3, 0.4) is 0 Å². The minimum Gasteiger partial charge on any atom is -0.469 e. The number of nitrogens with zero attached hydrogens (tertiary/aromatic N) is 1. The van der Waals surface area contributed by atoms with Gasteiger partial charge in [-0.1, -0.05) is 102 Å². The van der Waals surface area contributed by atoms with Gasteiger partial charge in [0.15, 0.2) is 0 Å². The molecule has 0 aliphatic heterocycles. The van der Waals surface area contributed by atoms with Gasteiger partial charge in [-0.15, -0.1) is 0 Å². The summed E-state index contributed by atoms with van der Waals surface area (Å²) in [4.78, 5) is 36.9. The van der Waals surface area contributed by atoms with Crippen LogP contribution in [-0.4, -0.2) is 53.9 Å². The van der Waals surface area contributed by atoms with Crippen LogP contribution in [0.4, 0.5) is 4.79 Å². The lowest BCUT2D eigenvalue weighted by atomic mass is 9.44. The van der Waals surface area contributed by atoms with Gasteiger partial charge in [-0.2, -0.15) is 0 Å². The SMILES string of the molecule is COC(=O)CC[C@@H](C)C1CC[C@H]2[C@@H]3CC[C@@H]4C[C@H](OCc5cccc(C#Cc6ccc7c8ccc(C#Cc9cccc(CO[C@@H]%10CCC%11(C)C%12CCC%13(C)C([C@H](C)CCC(C)=O)CC[C@H]%13[C@@H]%12CC[C@@H]%11C%10)c9)cc8n(CCNC(=O)OC(C)(C)C)c7c6)c5)CCC4(C)C3CCC12C. The Hall–Kier alpha value is -5.87. The Balaban J connectivity index is 0.638.